The van der Waals surface area contributed by atoms with E-state index < -0.39 is 5.91 Å². The van der Waals surface area contributed by atoms with E-state index in [0.29, 0.717) is 11.6 Å². The third kappa shape index (κ3) is 2.95. The Labute approximate surface area is 114 Å². The summed E-state index contributed by atoms with van der Waals surface area (Å²) < 4.78 is 9.36. The van der Waals surface area contributed by atoms with Gasteiger partial charge in [0.2, 0.25) is 5.88 Å². The number of likely N-dealkylation sites (tertiary alicyclic amines) is 1. The molecule has 19 heavy (non-hydrogen) atoms. The molecule has 1 aromatic rings. The van der Waals surface area contributed by atoms with E-state index >= 15 is 0 Å². The van der Waals surface area contributed by atoms with E-state index in [2.05, 4.69) is 9.69 Å². The van der Waals surface area contributed by atoms with Crippen molar-refractivity contribution >= 4 is 28.5 Å². The van der Waals surface area contributed by atoms with Gasteiger partial charge in [-0.05, 0) is 24.4 Å². The van der Waals surface area contributed by atoms with Crippen LogP contribution in [0.3, 0.4) is 0 Å². The van der Waals surface area contributed by atoms with Crippen molar-refractivity contribution < 1.29 is 14.3 Å². The quantitative estimate of drug-likeness (QED) is 0.850. The van der Waals surface area contributed by atoms with Crippen molar-refractivity contribution in [3.63, 3.8) is 0 Å². The normalized spacial score (nSPS) is 13.8. The van der Waals surface area contributed by atoms with Crippen molar-refractivity contribution in [2.75, 3.05) is 25.0 Å². The van der Waals surface area contributed by atoms with Crippen LogP contribution < -0.4 is 15.8 Å². The molecular weight excluding hydrogens is 268 g/mol. The Bertz CT molecular complexity index is 484. The smallest absolute Gasteiger partial charge is 0.322 e. The van der Waals surface area contributed by atoms with Gasteiger partial charge in [0.15, 0.2) is 0 Å². The summed E-state index contributed by atoms with van der Waals surface area (Å²) in [6.45, 7) is 3.86. The zero-order valence-corrected chi connectivity index (χ0v) is 11.5. The number of primary amides is 1. The molecule has 2 rings (SSSR count). The van der Waals surface area contributed by atoms with Crippen LogP contribution in [-0.2, 0) is 0 Å². The number of hydrogen-bond donors (Lipinski definition) is 2. The van der Waals surface area contributed by atoms with Crippen LogP contribution in [0.1, 0.15) is 30.1 Å². The van der Waals surface area contributed by atoms with Crippen molar-refractivity contribution in [2.24, 2.45) is 5.73 Å². The van der Waals surface area contributed by atoms with Crippen molar-refractivity contribution in [1.29, 1.82) is 0 Å². The third-order valence-electron chi connectivity index (χ3n) is 2.71. The molecule has 3 amide bonds. The Kier molecular flexibility index (Phi) is 4.20. The molecule has 104 valence electrons. The van der Waals surface area contributed by atoms with Crippen LogP contribution in [0.4, 0.5) is 9.80 Å². The first-order valence-electron chi connectivity index (χ1n) is 6.11. The van der Waals surface area contributed by atoms with Crippen LogP contribution in [0, 0.1) is 0 Å². The summed E-state index contributed by atoms with van der Waals surface area (Å²) in [4.78, 5) is 24.9. The maximum Gasteiger partial charge on any atom is 0.322 e. The van der Waals surface area contributed by atoms with E-state index in [4.69, 9.17) is 10.5 Å². The zero-order valence-electron chi connectivity index (χ0n) is 10.6. The fourth-order valence-electron chi connectivity index (χ4n) is 1.57. The largest absolute Gasteiger partial charge is 0.476 e. The molecule has 0 bridgehead atoms. The standard InChI is InChI=1S/C11H16N4O3S/c1-2-6-18-9-7(8(12)16)10(19-14-9)13-11(17)15-4-3-5-15/h2-6H2,1H3,(H2,12,16)(H,13,17). The van der Waals surface area contributed by atoms with E-state index in [1.807, 2.05) is 6.92 Å². The summed E-state index contributed by atoms with van der Waals surface area (Å²) in [6.07, 6.45) is 1.80. The van der Waals surface area contributed by atoms with Crippen molar-refractivity contribution in [1.82, 2.24) is 9.27 Å². The first-order chi connectivity index (χ1) is 9.13. The Morgan fingerprint density at radius 1 is 1.53 bits per heavy atom. The molecule has 0 radical (unpaired) electrons. The maximum atomic E-state index is 11.8. The number of amides is 3. The van der Waals surface area contributed by atoms with Gasteiger partial charge in [-0.25, -0.2) is 4.79 Å². The third-order valence-corrected chi connectivity index (χ3v) is 3.46. The van der Waals surface area contributed by atoms with Gasteiger partial charge in [-0.3, -0.25) is 10.1 Å². The van der Waals surface area contributed by atoms with Crippen molar-refractivity contribution in [2.45, 2.75) is 19.8 Å². The number of carbonyl (C=O) groups is 2. The molecule has 1 aromatic heterocycles. The zero-order chi connectivity index (χ0) is 13.8. The Morgan fingerprint density at radius 2 is 2.26 bits per heavy atom. The van der Waals surface area contributed by atoms with Crippen LogP contribution >= 0.6 is 11.5 Å². The van der Waals surface area contributed by atoms with Gasteiger partial charge in [0.1, 0.15) is 10.6 Å². The second kappa shape index (κ2) is 5.87. The lowest BCUT2D eigenvalue weighted by Crippen LogP contribution is -2.44. The Hall–Kier alpha value is -1.83. The lowest BCUT2D eigenvalue weighted by Gasteiger charge is -2.30. The molecular formula is C11H16N4O3S. The summed E-state index contributed by atoms with van der Waals surface area (Å²) in [5.74, 6) is -0.461. The van der Waals surface area contributed by atoms with Gasteiger partial charge in [0, 0.05) is 13.1 Å². The van der Waals surface area contributed by atoms with Gasteiger partial charge in [-0.15, -0.1) is 0 Å². The van der Waals surface area contributed by atoms with Gasteiger partial charge in [-0.2, -0.15) is 4.37 Å². The molecule has 1 saturated heterocycles. The number of rotatable bonds is 5. The molecule has 0 aliphatic carbocycles. The Morgan fingerprint density at radius 3 is 2.79 bits per heavy atom. The fourth-order valence-corrected chi connectivity index (χ4v) is 2.30. The summed E-state index contributed by atoms with van der Waals surface area (Å²) in [7, 11) is 0. The number of nitrogens with one attached hydrogen (secondary N) is 1. The van der Waals surface area contributed by atoms with Gasteiger partial charge in [-0.1, -0.05) is 6.92 Å². The SMILES string of the molecule is CCCOc1nsc(NC(=O)N2CCC2)c1C(N)=O. The van der Waals surface area contributed by atoms with Crippen LogP contribution in [0.25, 0.3) is 0 Å². The lowest BCUT2D eigenvalue weighted by atomic mass is 10.2. The highest BCUT2D eigenvalue weighted by Crippen LogP contribution is 2.30. The molecule has 1 aliphatic heterocycles. The molecule has 0 atom stereocenters. The molecule has 0 unspecified atom stereocenters. The summed E-state index contributed by atoms with van der Waals surface area (Å²) >= 11 is 1.00. The number of anilines is 1. The molecule has 1 fully saturated rings. The van der Waals surface area contributed by atoms with Crippen LogP contribution in [0.15, 0.2) is 0 Å². The lowest BCUT2D eigenvalue weighted by molar-refractivity contribution is 0.0997. The number of hydrogen-bond acceptors (Lipinski definition) is 5. The number of nitrogens with two attached hydrogens (primary N) is 1. The minimum Gasteiger partial charge on any atom is -0.476 e. The molecule has 0 saturated carbocycles. The van der Waals surface area contributed by atoms with E-state index in [1.54, 1.807) is 4.90 Å². The highest BCUT2D eigenvalue weighted by atomic mass is 32.1. The van der Waals surface area contributed by atoms with E-state index in [1.165, 1.54) is 0 Å². The first-order valence-corrected chi connectivity index (χ1v) is 6.89. The average Bonchev–Trinajstić information content (AvgIpc) is 2.66. The van der Waals surface area contributed by atoms with Crippen LogP contribution in [-0.4, -0.2) is 40.9 Å². The van der Waals surface area contributed by atoms with Gasteiger partial charge in [0.25, 0.3) is 5.91 Å². The predicted octanol–water partition coefficient (Wildman–Crippen LogP) is 1.27. The number of aromatic nitrogens is 1. The first kappa shape index (κ1) is 13.6. The van der Waals surface area contributed by atoms with Crippen molar-refractivity contribution in [3.8, 4) is 5.88 Å². The van der Waals surface area contributed by atoms with Gasteiger partial charge < -0.3 is 15.4 Å². The minimum atomic E-state index is -0.654. The van der Waals surface area contributed by atoms with Gasteiger partial charge in [0.05, 0.1) is 6.61 Å². The molecule has 7 nitrogen and oxygen atoms in total. The van der Waals surface area contributed by atoms with E-state index in [-0.39, 0.29) is 17.5 Å². The fraction of sp³-hybridized carbons (Fsp3) is 0.545. The van der Waals surface area contributed by atoms with Crippen LogP contribution in [0.5, 0.6) is 5.88 Å². The highest BCUT2D eigenvalue weighted by Gasteiger charge is 2.25. The minimum absolute atomic E-state index is 0.146. The summed E-state index contributed by atoms with van der Waals surface area (Å²) in [5, 5.41) is 3.00. The maximum absolute atomic E-state index is 11.8. The monoisotopic (exact) mass is 284 g/mol. The molecule has 2 heterocycles. The van der Waals surface area contributed by atoms with E-state index in [9.17, 15) is 9.59 Å². The number of urea groups is 1. The summed E-state index contributed by atoms with van der Waals surface area (Å²) in [5.41, 5.74) is 5.46. The highest BCUT2D eigenvalue weighted by molar-refractivity contribution is 7.11. The van der Waals surface area contributed by atoms with Crippen LogP contribution in [0.2, 0.25) is 0 Å². The number of carbonyl (C=O) groups excluding carboxylic acids is 2. The number of ether oxygens (including phenoxy) is 1. The predicted molar refractivity (Wildman–Crippen MR) is 71.6 cm³/mol. The second-order valence-corrected chi connectivity index (χ2v) is 4.95. The number of nitrogens with zero attached hydrogens (tertiary/aromatic N) is 2. The Balaban J connectivity index is 2.12. The second-order valence-electron chi connectivity index (χ2n) is 4.18. The molecule has 1 aliphatic rings. The molecule has 3 N–H and O–H groups in total. The topological polar surface area (TPSA) is 97.6 Å². The molecule has 0 spiro atoms. The molecule has 0 aromatic carbocycles. The van der Waals surface area contributed by atoms with Crippen molar-refractivity contribution in [3.05, 3.63) is 5.56 Å². The summed E-state index contributed by atoms with van der Waals surface area (Å²) in [6, 6.07) is -0.237. The average molecular weight is 284 g/mol. The molecule has 8 heteroatoms. The van der Waals surface area contributed by atoms with E-state index in [0.717, 1.165) is 37.5 Å². The van der Waals surface area contributed by atoms with Gasteiger partial charge >= 0.3 is 6.03 Å².